The van der Waals surface area contributed by atoms with Gasteiger partial charge in [0.15, 0.2) is 0 Å². The lowest BCUT2D eigenvalue weighted by atomic mass is 9.44. The van der Waals surface area contributed by atoms with Gasteiger partial charge in [-0.05, 0) is 151 Å². The second kappa shape index (κ2) is 30.0. The zero-order chi connectivity index (χ0) is 50.5. The number of nitrogens with zero attached hydrogens (tertiary/aromatic N) is 2. The highest BCUT2D eigenvalue weighted by Gasteiger charge is 2.64. The van der Waals surface area contributed by atoms with Gasteiger partial charge in [-0.3, -0.25) is 4.90 Å². The lowest BCUT2D eigenvalue weighted by molar-refractivity contribution is -0.0838. The van der Waals surface area contributed by atoms with Crippen LogP contribution in [0.25, 0.3) is 0 Å². The molecule has 2 N–H and O–H groups in total. The summed E-state index contributed by atoms with van der Waals surface area (Å²) in [7, 11) is 0. The van der Waals surface area contributed by atoms with Crippen LogP contribution in [0.2, 0.25) is 0 Å². The number of ether oxygens (including phenoxy) is 5. The number of allylic oxidation sites excluding steroid dienone is 4. The summed E-state index contributed by atoms with van der Waals surface area (Å²) in [6.45, 7) is 27.8. The van der Waals surface area contributed by atoms with E-state index in [0.717, 1.165) is 76.1 Å². The molecule has 1 aliphatic heterocycles. The molecular weight excluding hydrogens is 871 g/mol. The Labute approximate surface area is 430 Å². The summed E-state index contributed by atoms with van der Waals surface area (Å²) in [6.07, 6.45) is 40.5. The standard InChI is InChI=1S/C61H109N3O6/c1-10-11-12-13-14-15-16-17-18-19-20-21-22-23-24-25-41-67-48-53(47-63-37-39-64(40-38-63)57(65)70-58(5,6)7)69-45-43-66-42-44-68-52-32-34-59(8)51(46-52)31-36-61(62)55-30-29-54(50(4)28-26-27-49(2)3)60(55,9)35-33-56(59)61/h14-15,17-18,31,49-50,52-56H,10-13,16,19-30,32-48,62H2,1-9H3. The van der Waals surface area contributed by atoms with Gasteiger partial charge in [-0.15, -0.1) is 0 Å². The molecule has 1 saturated heterocycles. The van der Waals surface area contributed by atoms with E-state index in [9.17, 15) is 4.79 Å². The monoisotopic (exact) mass is 980 g/mol. The van der Waals surface area contributed by atoms with Crippen LogP contribution in [-0.4, -0.2) is 112 Å². The van der Waals surface area contributed by atoms with Crippen LogP contribution in [0.4, 0.5) is 4.79 Å². The van der Waals surface area contributed by atoms with Gasteiger partial charge in [0.25, 0.3) is 0 Å². The van der Waals surface area contributed by atoms with Crippen molar-refractivity contribution >= 4 is 6.09 Å². The van der Waals surface area contributed by atoms with Crippen LogP contribution in [0.1, 0.15) is 210 Å². The van der Waals surface area contributed by atoms with Gasteiger partial charge in [0.2, 0.25) is 0 Å². The Bertz CT molecular complexity index is 1570. The highest BCUT2D eigenvalue weighted by Crippen LogP contribution is 2.68. The predicted octanol–water partition coefficient (Wildman–Crippen LogP) is 14.3. The fourth-order valence-corrected chi connectivity index (χ4v) is 13.9. The minimum Gasteiger partial charge on any atom is -0.444 e. The fraction of sp³-hybridized carbons (Fsp3) is 0.885. The maximum absolute atomic E-state index is 12.7. The van der Waals surface area contributed by atoms with Crippen molar-refractivity contribution in [3.8, 4) is 0 Å². The first-order valence-electron chi connectivity index (χ1n) is 29.5. The van der Waals surface area contributed by atoms with E-state index in [-0.39, 0.29) is 29.3 Å². The number of carbonyl (C=O) groups is 1. The molecule has 404 valence electrons. The molecule has 9 atom stereocenters. The van der Waals surface area contributed by atoms with Gasteiger partial charge >= 0.3 is 6.09 Å². The number of hydrogen-bond donors (Lipinski definition) is 1. The Kier molecular flexibility index (Phi) is 25.3. The first-order chi connectivity index (χ1) is 33.6. The summed E-state index contributed by atoms with van der Waals surface area (Å²) in [4.78, 5) is 16.9. The molecule has 1 amide bonds. The van der Waals surface area contributed by atoms with Crippen molar-refractivity contribution in [3.63, 3.8) is 0 Å². The van der Waals surface area contributed by atoms with E-state index in [2.05, 4.69) is 76.8 Å². The fourth-order valence-electron chi connectivity index (χ4n) is 13.9. The zero-order valence-corrected chi connectivity index (χ0v) is 46.9. The molecule has 1 heterocycles. The zero-order valence-electron chi connectivity index (χ0n) is 46.9. The molecule has 0 aromatic heterocycles. The SMILES string of the molecule is CCCCCC=CCC=CCCCCCCCCOCC(CN1CCN(C(=O)OC(C)(C)C)CC1)OCCOCCOC1CCC2(C)C(=CCC3(N)C2CCC2(C)C(C(C)CCCC(C)C)CCC23)C1. The van der Waals surface area contributed by atoms with Crippen LogP contribution in [0, 0.1) is 40.4 Å². The van der Waals surface area contributed by atoms with Gasteiger partial charge in [-0.2, -0.15) is 0 Å². The predicted molar refractivity (Wildman–Crippen MR) is 291 cm³/mol. The summed E-state index contributed by atoms with van der Waals surface area (Å²) < 4.78 is 31.0. The molecule has 9 nitrogen and oxygen atoms in total. The highest BCUT2D eigenvalue weighted by atomic mass is 16.6. The van der Waals surface area contributed by atoms with Gasteiger partial charge in [0, 0.05) is 44.9 Å². The van der Waals surface area contributed by atoms with Crippen LogP contribution < -0.4 is 5.73 Å². The topological polar surface area (TPSA) is 95.7 Å². The summed E-state index contributed by atoms with van der Waals surface area (Å²) >= 11 is 0. The van der Waals surface area contributed by atoms with Crippen molar-refractivity contribution in [2.45, 2.75) is 233 Å². The van der Waals surface area contributed by atoms with E-state index in [0.29, 0.717) is 63.4 Å². The molecule has 0 aromatic rings. The van der Waals surface area contributed by atoms with Crippen LogP contribution in [-0.2, 0) is 23.7 Å². The van der Waals surface area contributed by atoms with Crippen molar-refractivity contribution < 1.29 is 28.5 Å². The first-order valence-corrected chi connectivity index (χ1v) is 29.5. The smallest absolute Gasteiger partial charge is 0.410 e. The molecule has 0 radical (unpaired) electrons. The number of amides is 1. The Morgan fingerprint density at radius 1 is 0.771 bits per heavy atom. The normalized spacial score (nSPS) is 29.4. The van der Waals surface area contributed by atoms with Gasteiger partial charge in [-0.25, -0.2) is 4.79 Å². The van der Waals surface area contributed by atoms with E-state index in [1.54, 1.807) is 5.57 Å². The second-order valence-electron chi connectivity index (χ2n) is 24.9. The maximum atomic E-state index is 12.7. The van der Waals surface area contributed by atoms with Crippen molar-refractivity contribution in [2.24, 2.45) is 46.2 Å². The average molecular weight is 981 g/mol. The average Bonchev–Trinajstić information content (AvgIpc) is 3.68. The van der Waals surface area contributed by atoms with Gasteiger partial charge < -0.3 is 34.3 Å². The van der Waals surface area contributed by atoms with E-state index in [4.69, 9.17) is 29.4 Å². The molecule has 9 heteroatoms. The molecule has 9 unspecified atom stereocenters. The number of carbonyl (C=O) groups excluding carboxylic acids is 1. The molecule has 3 saturated carbocycles. The number of fused-ring (bicyclic) bond motifs is 5. The van der Waals surface area contributed by atoms with Crippen LogP contribution in [0.15, 0.2) is 36.0 Å². The Balaban J connectivity index is 0.978. The maximum Gasteiger partial charge on any atom is 0.410 e. The third-order valence-electron chi connectivity index (χ3n) is 17.9. The Morgan fingerprint density at radius 3 is 2.19 bits per heavy atom. The molecule has 0 aromatic carbocycles. The number of hydrogen-bond acceptors (Lipinski definition) is 8. The summed E-state index contributed by atoms with van der Waals surface area (Å²) in [5, 5.41) is 0. The summed E-state index contributed by atoms with van der Waals surface area (Å²) in [5.41, 5.74) is 9.37. The van der Waals surface area contributed by atoms with Crippen LogP contribution >= 0.6 is 0 Å². The Hall–Kier alpha value is -1.75. The third-order valence-corrected chi connectivity index (χ3v) is 17.9. The first kappa shape index (κ1) is 59.1. The molecule has 0 spiro atoms. The van der Waals surface area contributed by atoms with Gasteiger partial charge in [-0.1, -0.05) is 135 Å². The summed E-state index contributed by atoms with van der Waals surface area (Å²) in [5.74, 6) is 3.63. The second-order valence-corrected chi connectivity index (χ2v) is 24.9. The van der Waals surface area contributed by atoms with Gasteiger partial charge in [0.05, 0.1) is 45.2 Å². The van der Waals surface area contributed by atoms with E-state index >= 15 is 0 Å². The minimum atomic E-state index is -0.492. The largest absolute Gasteiger partial charge is 0.444 e. The number of rotatable bonds is 32. The molecule has 70 heavy (non-hydrogen) atoms. The van der Waals surface area contributed by atoms with Crippen molar-refractivity contribution in [1.29, 1.82) is 0 Å². The highest BCUT2D eigenvalue weighted by molar-refractivity contribution is 5.68. The molecule has 5 aliphatic rings. The van der Waals surface area contributed by atoms with Crippen molar-refractivity contribution in [3.05, 3.63) is 36.0 Å². The number of piperazine rings is 1. The number of unbranched alkanes of at least 4 members (excludes halogenated alkanes) is 9. The molecular formula is C61H109N3O6. The van der Waals surface area contributed by atoms with E-state index < -0.39 is 5.60 Å². The third kappa shape index (κ3) is 18.3. The number of nitrogens with two attached hydrogens (primary N) is 1. The quantitative estimate of drug-likeness (QED) is 0.0526. The minimum absolute atomic E-state index is 0.0544. The van der Waals surface area contributed by atoms with Crippen molar-refractivity contribution in [2.75, 3.05) is 72.4 Å². The van der Waals surface area contributed by atoms with Crippen LogP contribution in [0.5, 0.6) is 0 Å². The molecule has 4 aliphatic carbocycles. The van der Waals surface area contributed by atoms with E-state index in [1.165, 1.54) is 116 Å². The van der Waals surface area contributed by atoms with Gasteiger partial charge in [0.1, 0.15) is 5.60 Å². The lowest BCUT2D eigenvalue weighted by Gasteiger charge is -2.63. The summed E-state index contributed by atoms with van der Waals surface area (Å²) in [6, 6.07) is 0. The van der Waals surface area contributed by atoms with Crippen molar-refractivity contribution in [1.82, 2.24) is 9.80 Å². The molecule has 4 fully saturated rings. The molecule has 0 bridgehead atoms. The van der Waals surface area contributed by atoms with Crippen LogP contribution in [0.3, 0.4) is 0 Å². The lowest BCUT2D eigenvalue weighted by Crippen LogP contribution is -2.66. The Morgan fingerprint density at radius 2 is 1.47 bits per heavy atom. The van der Waals surface area contributed by atoms with E-state index in [1.807, 2.05) is 25.7 Å². The molecule has 5 rings (SSSR count).